The van der Waals surface area contributed by atoms with Gasteiger partial charge in [-0.25, -0.2) is 0 Å². The molecule has 1 rings (SSSR count). The quantitative estimate of drug-likeness (QED) is 0.722. The summed E-state index contributed by atoms with van der Waals surface area (Å²) < 4.78 is 0. The molecule has 0 amide bonds. The van der Waals surface area contributed by atoms with Crippen LogP contribution in [-0.2, 0) is 4.79 Å². The van der Waals surface area contributed by atoms with E-state index >= 15 is 0 Å². The van der Waals surface area contributed by atoms with Crippen molar-refractivity contribution in [1.29, 1.82) is 0 Å². The van der Waals surface area contributed by atoms with Crippen molar-refractivity contribution in [1.82, 2.24) is 5.32 Å². The maximum atomic E-state index is 11.5. The molecular formula is C13H23NO2. The molecule has 16 heavy (non-hydrogen) atoms. The molecule has 0 aromatic heterocycles. The summed E-state index contributed by atoms with van der Waals surface area (Å²) in [6.45, 7) is 10.6. The van der Waals surface area contributed by atoms with Crippen LogP contribution in [0.1, 0.15) is 40.0 Å². The number of hydrogen-bond donors (Lipinski definition) is 2. The van der Waals surface area contributed by atoms with Crippen molar-refractivity contribution in [3.63, 3.8) is 0 Å². The van der Waals surface area contributed by atoms with Gasteiger partial charge in [-0.2, -0.15) is 0 Å². The fourth-order valence-electron chi connectivity index (χ4n) is 3.21. The third-order valence-corrected chi connectivity index (χ3v) is 3.37. The van der Waals surface area contributed by atoms with E-state index < -0.39 is 11.5 Å². The summed E-state index contributed by atoms with van der Waals surface area (Å²) in [5.74, 6) is -0.286. The Hall–Kier alpha value is -0.830. The largest absolute Gasteiger partial charge is 0.480 e. The maximum absolute atomic E-state index is 11.5. The van der Waals surface area contributed by atoms with Crippen LogP contribution in [0, 0.1) is 11.3 Å². The van der Waals surface area contributed by atoms with E-state index in [9.17, 15) is 9.90 Å². The van der Waals surface area contributed by atoms with E-state index in [1.807, 2.05) is 0 Å². The van der Waals surface area contributed by atoms with Crippen LogP contribution >= 0.6 is 0 Å². The number of carboxylic acids is 1. The Bertz CT molecular complexity index is 286. The Labute approximate surface area is 97.9 Å². The van der Waals surface area contributed by atoms with E-state index in [1.165, 1.54) is 0 Å². The molecule has 0 spiro atoms. The van der Waals surface area contributed by atoms with Crippen molar-refractivity contribution in [2.24, 2.45) is 11.3 Å². The van der Waals surface area contributed by atoms with Gasteiger partial charge < -0.3 is 5.11 Å². The minimum atomic E-state index is -0.768. The van der Waals surface area contributed by atoms with Gasteiger partial charge >= 0.3 is 5.97 Å². The molecule has 92 valence electrons. The van der Waals surface area contributed by atoms with Gasteiger partial charge in [0.2, 0.25) is 0 Å². The second-order valence-electron chi connectivity index (χ2n) is 5.91. The van der Waals surface area contributed by atoms with Crippen molar-refractivity contribution >= 4 is 5.97 Å². The minimum absolute atomic E-state index is 0.0875. The number of nitrogens with one attached hydrogen (secondary N) is 1. The highest BCUT2D eigenvalue weighted by atomic mass is 16.4. The Balaban J connectivity index is 2.91. The predicted octanol–water partition coefficient (Wildman–Crippen LogP) is 2.43. The van der Waals surface area contributed by atoms with Gasteiger partial charge in [-0.05, 0) is 30.6 Å². The van der Waals surface area contributed by atoms with E-state index in [2.05, 4.69) is 32.7 Å². The molecule has 0 aromatic rings. The lowest BCUT2D eigenvalue weighted by Crippen LogP contribution is -2.58. The number of aliphatic carboxylic acids is 1. The van der Waals surface area contributed by atoms with E-state index in [4.69, 9.17) is 0 Å². The van der Waals surface area contributed by atoms with Crippen LogP contribution in [0.5, 0.6) is 0 Å². The monoisotopic (exact) mass is 225 g/mol. The molecule has 0 bridgehead atoms. The smallest absolute Gasteiger partial charge is 0.323 e. The summed E-state index contributed by atoms with van der Waals surface area (Å²) in [6.07, 6.45) is 4.21. The van der Waals surface area contributed by atoms with Crippen LogP contribution in [0.15, 0.2) is 12.7 Å². The van der Waals surface area contributed by atoms with E-state index in [-0.39, 0.29) is 5.41 Å². The Morgan fingerprint density at radius 1 is 1.56 bits per heavy atom. The molecule has 1 fully saturated rings. The molecule has 2 atom stereocenters. The van der Waals surface area contributed by atoms with Gasteiger partial charge in [0, 0.05) is 6.54 Å². The van der Waals surface area contributed by atoms with E-state index in [0.717, 1.165) is 6.42 Å². The SMILES string of the molecule is C=CCNC1(C(=O)O)CC(C)CC(C)(C)C1. The van der Waals surface area contributed by atoms with Gasteiger partial charge in [0.15, 0.2) is 0 Å². The van der Waals surface area contributed by atoms with Gasteiger partial charge in [-0.15, -0.1) is 6.58 Å². The molecule has 0 saturated heterocycles. The average Bonchev–Trinajstić information content (AvgIpc) is 2.11. The predicted molar refractivity (Wildman–Crippen MR) is 65.4 cm³/mol. The summed E-state index contributed by atoms with van der Waals surface area (Å²) in [6, 6.07) is 0. The fourth-order valence-corrected chi connectivity index (χ4v) is 3.21. The van der Waals surface area contributed by atoms with Crippen LogP contribution in [0.4, 0.5) is 0 Å². The molecule has 2 unspecified atom stereocenters. The summed E-state index contributed by atoms with van der Waals surface area (Å²) >= 11 is 0. The number of hydrogen-bond acceptors (Lipinski definition) is 2. The normalized spacial score (nSPS) is 33.3. The van der Waals surface area contributed by atoms with E-state index in [0.29, 0.717) is 25.3 Å². The first-order valence-corrected chi connectivity index (χ1v) is 5.91. The summed E-state index contributed by atoms with van der Waals surface area (Å²) in [5.41, 5.74) is -0.681. The molecule has 1 aliphatic carbocycles. The molecule has 3 nitrogen and oxygen atoms in total. The first-order chi connectivity index (χ1) is 7.31. The number of carboxylic acid groups (broad SMARTS) is 1. The van der Waals surface area contributed by atoms with Gasteiger partial charge in [0.1, 0.15) is 5.54 Å². The second kappa shape index (κ2) is 4.58. The molecule has 0 heterocycles. The summed E-state index contributed by atoms with van der Waals surface area (Å²) in [5, 5.41) is 12.6. The van der Waals surface area contributed by atoms with Gasteiger partial charge in [-0.3, -0.25) is 10.1 Å². The summed E-state index contributed by atoms with van der Waals surface area (Å²) in [7, 11) is 0. The highest BCUT2D eigenvalue weighted by Crippen LogP contribution is 2.43. The van der Waals surface area contributed by atoms with Gasteiger partial charge in [0.05, 0.1) is 0 Å². The second-order valence-corrected chi connectivity index (χ2v) is 5.91. The Morgan fingerprint density at radius 2 is 2.19 bits per heavy atom. The highest BCUT2D eigenvalue weighted by molar-refractivity contribution is 5.79. The van der Waals surface area contributed by atoms with Crippen LogP contribution in [0.2, 0.25) is 0 Å². The minimum Gasteiger partial charge on any atom is -0.480 e. The number of carbonyl (C=O) groups is 1. The van der Waals surface area contributed by atoms with Gasteiger partial charge in [0.25, 0.3) is 0 Å². The zero-order valence-electron chi connectivity index (χ0n) is 10.5. The lowest BCUT2D eigenvalue weighted by atomic mass is 9.64. The molecule has 2 N–H and O–H groups in total. The molecule has 1 aliphatic rings. The average molecular weight is 225 g/mol. The zero-order chi connectivity index (χ0) is 12.4. The lowest BCUT2D eigenvalue weighted by Gasteiger charge is -2.45. The van der Waals surface area contributed by atoms with Crippen molar-refractivity contribution in [3.05, 3.63) is 12.7 Å². The molecule has 3 heteroatoms. The van der Waals surface area contributed by atoms with Gasteiger partial charge in [-0.1, -0.05) is 26.8 Å². The molecule has 0 aliphatic heterocycles. The van der Waals surface area contributed by atoms with Crippen molar-refractivity contribution < 1.29 is 9.90 Å². The molecule has 1 saturated carbocycles. The van der Waals surface area contributed by atoms with Crippen molar-refractivity contribution in [3.8, 4) is 0 Å². The van der Waals surface area contributed by atoms with Crippen LogP contribution in [0.3, 0.4) is 0 Å². The van der Waals surface area contributed by atoms with Crippen molar-refractivity contribution in [2.75, 3.05) is 6.54 Å². The Kier molecular flexibility index (Phi) is 3.79. The third-order valence-electron chi connectivity index (χ3n) is 3.37. The molecule has 0 radical (unpaired) electrons. The fraction of sp³-hybridized carbons (Fsp3) is 0.769. The number of rotatable bonds is 4. The maximum Gasteiger partial charge on any atom is 0.323 e. The third kappa shape index (κ3) is 2.85. The van der Waals surface area contributed by atoms with Crippen LogP contribution in [-0.4, -0.2) is 23.2 Å². The Morgan fingerprint density at radius 3 is 2.62 bits per heavy atom. The van der Waals surface area contributed by atoms with E-state index in [1.54, 1.807) is 6.08 Å². The summed E-state index contributed by atoms with van der Waals surface area (Å²) in [4.78, 5) is 11.5. The lowest BCUT2D eigenvalue weighted by molar-refractivity contribution is -0.149. The first-order valence-electron chi connectivity index (χ1n) is 5.91. The standard InChI is InChI=1S/C13H23NO2/c1-5-6-14-13(11(15)16)8-10(2)7-12(3,4)9-13/h5,10,14H,1,6-9H2,2-4H3,(H,15,16). The molecule has 0 aromatic carbocycles. The van der Waals surface area contributed by atoms with Crippen LogP contribution < -0.4 is 5.32 Å². The molecular weight excluding hydrogens is 202 g/mol. The topological polar surface area (TPSA) is 49.3 Å². The first kappa shape index (κ1) is 13.2. The van der Waals surface area contributed by atoms with Crippen LogP contribution in [0.25, 0.3) is 0 Å². The van der Waals surface area contributed by atoms with Crippen molar-refractivity contribution in [2.45, 2.75) is 45.6 Å². The zero-order valence-corrected chi connectivity index (χ0v) is 10.5. The highest BCUT2D eigenvalue weighted by Gasteiger charge is 2.47.